The molecule has 1 saturated heterocycles. The number of carbonyl (C=O) groups excluding carboxylic acids is 1. The highest BCUT2D eigenvalue weighted by Crippen LogP contribution is 2.34. The normalized spacial score (nSPS) is 22.6. The van der Waals surface area contributed by atoms with Gasteiger partial charge in [0.1, 0.15) is 0 Å². The number of halogens is 1. The summed E-state index contributed by atoms with van der Waals surface area (Å²) in [6.07, 6.45) is 7.92. The lowest BCUT2D eigenvalue weighted by molar-refractivity contribution is -0.102. The minimum atomic E-state index is -1.03. The van der Waals surface area contributed by atoms with Gasteiger partial charge >= 0.3 is 6.03 Å². The summed E-state index contributed by atoms with van der Waals surface area (Å²) < 4.78 is 11.1. The highest BCUT2D eigenvalue weighted by molar-refractivity contribution is 6.30. The predicted octanol–water partition coefficient (Wildman–Crippen LogP) is 4.02. The fourth-order valence-electron chi connectivity index (χ4n) is 5.52. The van der Waals surface area contributed by atoms with Crippen LogP contribution in [0.25, 0.3) is 0 Å². The highest BCUT2D eigenvalue weighted by atomic mass is 35.5. The molecule has 1 aromatic carbocycles. The Morgan fingerprint density at radius 3 is 2.72 bits per heavy atom. The van der Waals surface area contributed by atoms with E-state index in [9.17, 15) is 9.90 Å². The summed E-state index contributed by atoms with van der Waals surface area (Å²) in [6, 6.07) is 7.58. The number of ether oxygens (including phenoxy) is 2. The molecule has 1 aromatic rings. The number of nitrogens with two attached hydrogens (primary N) is 1. The Bertz CT molecular complexity index is 793. The molecule has 8 nitrogen and oxygen atoms in total. The number of nitrogens with zero attached hydrogens (tertiary/aromatic N) is 1. The predicted molar refractivity (Wildman–Crippen MR) is 143 cm³/mol. The maximum Gasteiger partial charge on any atom is 0.317 e. The zero-order chi connectivity index (χ0) is 25.9. The summed E-state index contributed by atoms with van der Waals surface area (Å²) in [6.45, 7) is 4.13. The number of piperidine rings is 1. The number of aliphatic hydroxyl groups is 1. The fraction of sp³-hybridized carbons (Fsp3) is 0.741. The quantitative estimate of drug-likeness (QED) is 0.243. The molecule has 36 heavy (non-hydrogen) atoms. The van der Waals surface area contributed by atoms with Gasteiger partial charge in [-0.25, -0.2) is 4.79 Å². The highest BCUT2D eigenvalue weighted by Gasteiger charge is 2.33. The number of aliphatic hydroxyl groups excluding tert-OH is 1. The molecule has 3 rings (SSSR count). The van der Waals surface area contributed by atoms with E-state index in [1.54, 1.807) is 0 Å². The van der Waals surface area contributed by atoms with Crippen molar-refractivity contribution >= 4 is 17.6 Å². The molecule has 2 amide bonds. The second kappa shape index (κ2) is 15.1. The van der Waals surface area contributed by atoms with E-state index < -0.39 is 6.41 Å². The topological polar surface area (TPSA) is 109 Å². The first-order chi connectivity index (χ1) is 17.4. The number of nitrogens with one attached hydrogen (secondary N) is 2. The minimum absolute atomic E-state index is 0.0146. The summed E-state index contributed by atoms with van der Waals surface area (Å²) in [5, 5.41) is 16.3. The average molecular weight is 525 g/mol. The van der Waals surface area contributed by atoms with Crippen molar-refractivity contribution in [3.8, 4) is 0 Å². The molecule has 204 valence electrons. The van der Waals surface area contributed by atoms with Crippen LogP contribution in [0.2, 0.25) is 5.02 Å². The summed E-state index contributed by atoms with van der Waals surface area (Å²) >= 11 is 6.29. The van der Waals surface area contributed by atoms with Crippen LogP contribution in [0.5, 0.6) is 0 Å². The van der Waals surface area contributed by atoms with Crippen molar-refractivity contribution in [2.24, 2.45) is 17.6 Å². The first kappa shape index (κ1) is 29.1. The molecular weight excluding hydrogens is 480 g/mol. The third-order valence-electron chi connectivity index (χ3n) is 7.55. The number of methoxy groups -OCH3 is 1. The Morgan fingerprint density at radius 1 is 1.25 bits per heavy atom. The van der Waals surface area contributed by atoms with Crippen molar-refractivity contribution in [3.63, 3.8) is 0 Å². The van der Waals surface area contributed by atoms with Gasteiger partial charge in [0.05, 0.1) is 12.7 Å². The van der Waals surface area contributed by atoms with Gasteiger partial charge < -0.3 is 30.5 Å². The number of amides is 2. The second-order valence-corrected chi connectivity index (χ2v) is 10.8. The van der Waals surface area contributed by atoms with E-state index in [0.29, 0.717) is 30.6 Å². The first-order valence-electron chi connectivity index (χ1n) is 13.5. The Hall–Kier alpha value is -1.42. The Morgan fingerprint density at radius 2 is 2.03 bits per heavy atom. The molecule has 1 heterocycles. The Balaban J connectivity index is 1.62. The molecule has 0 spiro atoms. The molecule has 0 bridgehead atoms. The summed E-state index contributed by atoms with van der Waals surface area (Å²) in [4.78, 5) is 15.2. The van der Waals surface area contributed by atoms with Crippen LogP contribution < -0.4 is 16.4 Å². The van der Waals surface area contributed by atoms with Gasteiger partial charge in [-0.05, 0) is 49.8 Å². The van der Waals surface area contributed by atoms with Crippen LogP contribution in [0, 0.1) is 11.8 Å². The lowest BCUT2D eigenvalue weighted by Gasteiger charge is -2.38. The number of likely N-dealkylation sites (tertiary alicyclic amines) is 1. The molecule has 0 radical (unpaired) electrons. The van der Waals surface area contributed by atoms with Crippen molar-refractivity contribution in [1.29, 1.82) is 0 Å². The van der Waals surface area contributed by atoms with Crippen LogP contribution in [-0.4, -0.2) is 67.9 Å². The molecule has 1 saturated carbocycles. The van der Waals surface area contributed by atoms with E-state index >= 15 is 0 Å². The van der Waals surface area contributed by atoms with Crippen LogP contribution >= 0.6 is 11.6 Å². The van der Waals surface area contributed by atoms with E-state index in [-0.39, 0.29) is 30.1 Å². The molecule has 1 aliphatic carbocycles. The van der Waals surface area contributed by atoms with Crippen LogP contribution in [0.3, 0.4) is 0 Å². The van der Waals surface area contributed by atoms with E-state index in [1.807, 2.05) is 36.1 Å². The SMILES string of the molecule is COC(O)NCCO[C@@H](c1cccc(Cl)c1)[C@@H]1CCCN(C(=O)N[C@@H](CC2CCCCC2)[C@@H](C)N)C1. The lowest BCUT2D eigenvalue weighted by Crippen LogP contribution is -2.54. The van der Waals surface area contributed by atoms with Gasteiger partial charge in [-0.2, -0.15) is 0 Å². The van der Waals surface area contributed by atoms with Crippen molar-refractivity contribution in [2.45, 2.75) is 82.9 Å². The van der Waals surface area contributed by atoms with Crippen molar-refractivity contribution in [2.75, 3.05) is 33.4 Å². The van der Waals surface area contributed by atoms with Crippen molar-refractivity contribution in [3.05, 3.63) is 34.9 Å². The summed E-state index contributed by atoms with van der Waals surface area (Å²) in [5.74, 6) is 0.775. The van der Waals surface area contributed by atoms with Crippen LogP contribution in [0.1, 0.15) is 70.0 Å². The Labute approximate surface area is 221 Å². The monoisotopic (exact) mass is 524 g/mol. The number of urea groups is 1. The molecular formula is C27H45ClN4O4. The molecule has 9 heteroatoms. The van der Waals surface area contributed by atoms with Crippen LogP contribution in [0.4, 0.5) is 4.79 Å². The maximum atomic E-state index is 13.3. The smallest absolute Gasteiger partial charge is 0.317 e. The summed E-state index contributed by atoms with van der Waals surface area (Å²) in [7, 11) is 1.43. The standard InChI is InChI=1S/C27H45ClN4O4/c1-19(29)24(16-20-8-4-3-5-9-20)31-26(33)32-14-7-11-22(18-32)25(21-10-6-12-23(28)17-21)36-15-13-30-27(34)35-2/h6,10,12,17,19-20,22,24-25,27,30,34H,3-5,7-9,11,13-16,18,29H2,1-2H3,(H,31,33)/t19-,22-,24+,25+,27?/m1/s1. The number of carbonyl (C=O) groups is 1. The number of hydrogen-bond acceptors (Lipinski definition) is 6. The fourth-order valence-corrected chi connectivity index (χ4v) is 5.72. The van der Waals surface area contributed by atoms with Gasteiger partial charge in [-0.1, -0.05) is 55.8 Å². The van der Waals surface area contributed by atoms with E-state index in [4.69, 9.17) is 26.8 Å². The molecule has 5 N–H and O–H groups in total. The molecule has 2 aliphatic rings. The van der Waals surface area contributed by atoms with Gasteiger partial charge in [0.2, 0.25) is 6.41 Å². The third-order valence-corrected chi connectivity index (χ3v) is 7.78. The van der Waals surface area contributed by atoms with Crippen molar-refractivity contribution < 1.29 is 19.4 Å². The molecule has 1 unspecified atom stereocenters. The van der Waals surface area contributed by atoms with Gasteiger partial charge in [0.15, 0.2) is 0 Å². The molecule has 1 aliphatic heterocycles. The zero-order valence-corrected chi connectivity index (χ0v) is 22.6. The first-order valence-corrected chi connectivity index (χ1v) is 13.9. The molecule has 0 aromatic heterocycles. The largest absolute Gasteiger partial charge is 0.372 e. The second-order valence-electron chi connectivity index (χ2n) is 10.4. The van der Waals surface area contributed by atoms with Crippen LogP contribution in [0.15, 0.2) is 24.3 Å². The van der Waals surface area contributed by atoms with E-state index in [0.717, 1.165) is 31.4 Å². The molecule has 5 atom stereocenters. The van der Waals surface area contributed by atoms with Gasteiger partial charge in [-0.15, -0.1) is 0 Å². The average Bonchev–Trinajstić information content (AvgIpc) is 2.88. The zero-order valence-electron chi connectivity index (χ0n) is 21.8. The lowest BCUT2D eigenvalue weighted by atomic mass is 9.83. The molecule has 2 fully saturated rings. The summed E-state index contributed by atoms with van der Waals surface area (Å²) in [5.41, 5.74) is 7.29. The van der Waals surface area contributed by atoms with E-state index in [2.05, 4.69) is 10.6 Å². The minimum Gasteiger partial charge on any atom is -0.372 e. The van der Waals surface area contributed by atoms with Crippen molar-refractivity contribution in [1.82, 2.24) is 15.5 Å². The van der Waals surface area contributed by atoms with E-state index in [1.165, 1.54) is 39.2 Å². The maximum absolute atomic E-state index is 13.3. The van der Waals surface area contributed by atoms with Gasteiger partial charge in [0, 0.05) is 49.8 Å². The number of benzene rings is 1. The number of hydrogen-bond donors (Lipinski definition) is 4. The Kier molecular flexibility index (Phi) is 12.2. The number of rotatable bonds is 12. The third kappa shape index (κ3) is 9.15. The van der Waals surface area contributed by atoms with Crippen LogP contribution in [-0.2, 0) is 9.47 Å². The van der Waals surface area contributed by atoms with Gasteiger partial charge in [0.25, 0.3) is 0 Å². The van der Waals surface area contributed by atoms with Gasteiger partial charge in [-0.3, -0.25) is 5.32 Å².